The number of hydrogen-bond donors (Lipinski definition) is 1. The van der Waals surface area contributed by atoms with E-state index in [-0.39, 0.29) is 11.9 Å². The number of hydrogen-bond acceptors (Lipinski definition) is 4. The van der Waals surface area contributed by atoms with Gasteiger partial charge >= 0.3 is 0 Å². The second kappa shape index (κ2) is 11.4. The third-order valence-electron chi connectivity index (χ3n) is 6.97. The minimum atomic E-state index is 0.0259. The van der Waals surface area contributed by atoms with Gasteiger partial charge in [0.2, 0.25) is 0 Å². The normalized spacial score (nSPS) is 17.7. The SMILES string of the molecule is C=CCNC1CCC(N(Cc2cccc(-c3ccncc3)c2)C(=O)c2sc3ccccc3c2Cl)CC1. The Bertz CT molecular complexity index is 1340. The van der Waals surface area contributed by atoms with Gasteiger partial charge in [0.15, 0.2) is 0 Å². The van der Waals surface area contributed by atoms with Crippen LogP contribution in [0.3, 0.4) is 0 Å². The fourth-order valence-corrected chi connectivity index (χ4v) is 6.55. The van der Waals surface area contributed by atoms with Crippen molar-refractivity contribution in [1.29, 1.82) is 0 Å². The highest BCUT2D eigenvalue weighted by molar-refractivity contribution is 7.21. The van der Waals surface area contributed by atoms with Gasteiger partial charge in [-0.1, -0.05) is 54.1 Å². The van der Waals surface area contributed by atoms with E-state index in [2.05, 4.69) is 46.0 Å². The first-order valence-electron chi connectivity index (χ1n) is 12.5. The summed E-state index contributed by atoms with van der Waals surface area (Å²) in [6, 6.07) is 21.1. The summed E-state index contributed by atoms with van der Waals surface area (Å²) in [4.78, 5) is 20.9. The molecule has 1 aliphatic carbocycles. The lowest BCUT2D eigenvalue weighted by Crippen LogP contribution is -2.44. The lowest BCUT2D eigenvalue weighted by molar-refractivity contribution is 0.0605. The highest BCUT2D eigenvalue weighted by Crippen LogP contribution is 2.37. The Morgan fingerprint density at radius 2 is 1.83 bits per heavy atom. The molecule has 2 aromatic heterocycles. The van der Waals surface area contributed by atoms with Crippen molar-refractivity contribution in [3.8, 4) is 11.1 Å². The van der Waals surface area contributed by atoms with E-state index >= 15 is 0 Å². The minimum Gasteiger partial charge on any atom is -0.331 e. The second-order valence-electron chi connectivity index (χ2n) is 9.31. The Balaban J connectivity index is 1.44. The summed E-state index contributed by atoms with van der Waals surface area (Å²) >= 11 is 8.25. The molecule has 0 radical (unpaired) electrons. The van der Waals surface area contributed by atoms with E-state index in [1.165, 1.54) is 11.3 Å². The molecular weight excluding hydrogens is 486 g/mol. The van der Waals surface area contributed by atoms with Crippen molar-refractivity contribution in [3.05, 3.63) is 101 Å². The van der Waals surface area contributed by atoms with E-state index in [0.29, 0.717) is 22.5 Å². The maximum atomic E-state index is 14.1. The standard InChI is InChI=1S/C30H30ClN3OS/c1-2-16-33-24-10-12-25(13-11-24)34(30(35)29-28(31)26-8-3-4-9-27(26)36-29)20-21-6-5-7-23(19-21)22-14-17-32-18-15-22/h2-9,14-15,17-19,24-25,33H,1,10-13,16,20H2. The molecule has 0 bridgehead atoms. The van der Waals surface area contributed by atoms with Gasteiger partial charge in [0, 0.05) is 47.7 Å². The molecular formula is C30H30ClN3OS. The van der Waals surface area contributed by atoms with Crippen LogP contribution >= 0.6 is 22.9 Å². The number of benzene rings is 2. The third-order valence-corrected chi connectivity index (χ3v) is 8.64. The van der Waals surface area contributed by atoms with Crippen LogP contribution in [0.5, 0.6) is 0 Å². The Labute approximate surface area is 221 Å². The van der Waals surface area contributed by atoms with Crippen molar-refractivity contribution in [2.45, 2.75) is 44.3 Å². The number of halogens is 1. The average Bonchev–Trinajstić information content (AvgIpc) is 3.27. The molecule has 1 amide bonds. The molecule has 4 nitrogen and oxygen atoms in total. The van der Waals surface area contributed by atoms with Gasteiger partial charge in [-0.15, -0.1) is 17.9 Å². The van der Waals surface area contributed by atoms with Crippen LogP contribution in [0.4, 0.5) is 0 Å². The average molecular weight is 516 g/mol. The monoisotopic (exact) mass is 515 g/mol. The molecule has 1 saturated carbocycles. The molecule has 0 aliphatic heterocycles. The van der Waals surface area contributed by atoms with Crippen LogP contribution < -0.4 is 5.32 Å². The number of aromatic nitrogens is 1. The fraction of sp³-hybridized carbons (Fsp3) is 0.267. The van der Waals surface area contributed by atoms with Gasteiger partial charge in [0.25, 0.3) is 5.91 Å². The van der Waals surface area contributed by atoms with Crippen molar-refractivity contribution >= 4 is 38.9 Å². The Morgan fingerprint density at radius 3 is 2.58 bits per heavy atom. The van der Waals surface area contributed by atoms with E-state index in [1.807, 2.05) is 42.5 Å². The minimum absolute atomic E-state index is 0.0259. The van der Waals surface area contributed by atoms with Crippen LogP contribution in [-0.2, 0) is 6.54 Å². The van der Waals surface area contributed by atoms with E-state index < -0.39 is 0 Å². The van der Waals surface area contributed by atoms with Crippen molar-refractivity contribution in [1.82, 2.24) is 15.2 Å². The fourth-order valence-electron chi connectivity index (χ4n) is 5.08. The lowest BCUT2D eigenvalue weighted by atomic mass is 9.89. The Kier molecular flexibility index (Phi) is 7.81. The summed E-state index contributed by atoms with van der Waals surface area (Å²) in [6.45, 7) is 5.19. The summed E-state index contributed by atoms with van der Waals surface area (Å²) in [5.41, 5.74) is 3.35. The maximum Gasteiger partial charge on any atom is 0.266 e. The van der Waals surface area contributed by atoms with Crippen LogP contribution in [0.1, 0.15) is 40.9 Å². The molecule has 0 saturated heterocycles. The first-order chi connectivity index (χ1) is 17.6. The van der Waals surface area contributed by atoms with Gasteiger partial charge in [-0.25, -0.2) is 0 Å². The van der Waals surface area contributed by atoms with Gasteiger partial charge < -0.3 is 10.2 Å². The van der Waals surface area contributed by atoms with Crippen molar-refractivity contribution in [3.63, 3.8) is 0 Å². The van der Waals surface area contributed by atoms with E-state index in [9.17, 15) is 4.79 Å². The van der Waals surface area contributed by atoms with Gasteiger partial charge in [0.1, 0.15) is 4.88 Å². The molecule has 6 heteroatoms. The van der Waals surface area contributed by atoms with Gasteiger partial charge in [-0.2, -0.15) is 0 Å². The van der Waals surface area contributed by atoms with E-state index in [1.54, 1.807) is 12.4 Å². The molecule has 0 atom stereocenters. The number of fused-ring (bicyclic) bond motifs is 1. The van der Waals surface area contributed by atoms with E-state index in [4.69, 9.17) is 11.6 Å². The highest BCUT2D eigenvalue weighted by atomic mass is 35.5. The molecule has 2 aromatic carbocycles. The smallest absolute Gasteiger partial charge is 0.266 e. The van der Waals surface area contributed by atoms with Gasteiger partial charge in [-0.05, 0) is 66.6 Å². The molecule has 1 fully saturated rings. The van der Waals surface area contributed by atoms with Gasteiger partial charge in [0.05, 0.1) is 5.02 Å². The number of pyridine rings is 1. The molecule has 0 spiro atoms. The third kappa shape index (κ3) is 5.39. The molecule has 184 valence electrons. The van der Waals surface area contributed by atoms with Crippen molar-refractivity contribution in [2.24, 2.45) is 0 Å². The molecule has 36 heavy (non-hydrogen) atoms. The maximum absolute atomic E-state index is 14.1. The Hall–Kier alpha value is -2.99. The quantitative estimate of drug-likeness (QED) is 0.249. The number of nitrogens with zero attached hydrogens (tertiary/aromatic N) is 2. The number of amides is 1. The number of carbonyl (C=O) groups excluding carboxylic acids is 1. The first-order valence-corrected chi connectivity index (χ1v) is 13.6. The molecule has 1 N–H and O–H groups in total. The molecule has 4 aromatic rings. The van der Waals surface area contributed by atoms with Crippen molar-refractivity contribution < 1.29 is 4.79 Å². The molecule has 0 unspecified atom stereocenters. The lowest BCUT2D eigenvalue weighted by Gasteiger charge is -2.37. The molecule has 2 heterocycles. The summed E-state index contributed by atoms with van der Waals surface area (Å²) in [5.74, 6) is 0.0259. The zero-order valence-corrected chi connectivity index (χ0v) is 21.8. The predicted octanol–water partition coefficient (Wildman–Crippen LogP) is 7.35. The number of carbonyl (C=O) groups is 1. The van der Waals surface area contributed by atoms with Gasteiger partial charge in [-0.3, -0.25) is 9.78 Å². The zero-order chi connectivity index (χ0) is 24.9. The predicted molar refractivity (Wildman–Crippen MR) is 151 cm³/mol. The summed E-state index contributed by atoms with van der Waals surface area (Å²) < 4.78 is 1.04. The van der Waals surface area contributed by atoms with Crippen LogP contribution in [-0.4, -0.2) is 34.4 Å². The highest BCUT2D eigenvalue weighted by Gasteiger charge is 2.31. The second-order valence-corrected chi connectivity index (χ2v) is 10.7. The number of thiophene rings is 1. The Morgan fingerprint density at radius 1 is 1.06 bits per heavy atom. The van der Waals surface area contributed by atoms with Crippen LogP contribution in [0.25, 0.3) is 21.2 Å². The number of rotatable bonds is 8. The largest absolute Gasteiger partial charge is 0.331 e. The summed E-state index contributed by atoms with van der Waals surface area (Å²) in [6.07, 6.45) is 9.53. The summed E-state index contributed by atoms with van der Waals surface area (Å²) in [5, 5.41) is 5.06. The van der Waals surface area contributed by atoms with E-state index in [0.717, 1.165) is 59.0 Å². The first kappa shape index (κ1) is 24.7. The molecule has 1 aliphatic rings. The zero-order valence-electron chi connectivity index (χ0n) is 20.2. The number of nitrogens with one attached hydrogen (secondary N) is 1. The molecule has 5 rings (SSSR count). The van der Waals surface area contributed by atoms with Crippen LogP contribution in [0.15, 0.2) is 85.7 Å². The topological polar surface area (TPSA) is 45.2 Å². The van der Waals surface area contributed by atoms with Crippen molar-refractivity contribution in [2.75, 3.05) is 6.54 Å². The van der Waals surface area contributed by atoms with Crippen LogP contribution in [0.2, 0.25) is 5.02 Å². The summed E-state index contributed by atoms with van der Waals surface area (Å²) in [7, 11) is 0. The van der Waals surface area contributed by atoms with Crippen LogP contribution in [0, 0.1) is 0 Å².